The van der Waals surface area contributed by atoms with E-state index in [1.54, 1.807) is 12.3 Å². The van der Waals surface area contributed by atoms with Crippen molar-refractivity contribution < 1.29 is 13.2 Å². The van der Waals surface area contributed by atoms with Gasteiger partial charge in [-0.3, -0.25) is 4.79 Å². The zero-order valence-electron chi connectivity index (χ0n) is 12.4. The van der Waals surface area contributed by atoms with E-state index in [0.29, 0.717) is 12.1 Å². The summed E-state index contributed by atoms with van der Waals surface area (Å²) in [5.41, 5.74) is 1.29. The molecule has 1 aliphatic rings. The Labute approximate surface area is 125 Å². The minimum absolute atomic E-state index is 0.0241. The maximum Gasteiger partial charge on any atom is 0.270 e. The van der Waals surface area contributed by atoms with E-state index in [4.69, 9.17) is 0 Å². The van der Waals surface area contributed by atoms with Gasteiger partial charge < -0.3 is 10.2 Å². The van der Waals surface area contributed by atoms with Gasteiger partial charge in [-0.2, -0.15) is 0 Å². The summed E-state index contributed by atoms with van der Waals surface area (Å²) in [6.07, 6.45) is 2.15. The van der Waals surface area contributed by atoms with Crippen LogP contribution in [-0.2, 0) is 9.84 Å². The average Bonchev–Trinajstić information content (AvgIpc) is 2.80. The van der Waals surface area contributed by atoms with Gasteiger partial charge in [0.05, 0.1) is 23.4 Å². The lowest BCUT2D eigenvalue weighted by Crippen LogP contribution is -2.36. The van der Waals surface area contributed by atoms with E-state index in [0.717, 1.165) is 18.8 Å². The second-order valence-electron chi connectivity index (χ2n) is 5.15. The number of nitrogens with zero attached hydrogens (tertiary/aromatic N) is 2. The molecule has 0 spiro atoms. The second-order valence-corrected chi connectivity index (χ2v) is 7.38. The number of sulfone groups is 1. The Kier molecular flexibility index (Phi) is 4.82. The summed E-state index contributed by atoms with van der Waals surface area (Å²) in [5.74, 6) is -0.147. The van der Waals surface area contributed by atoms with Crippen molar-refractivity contribution in [3.8, 4) is 0 Å². The van der Waals surface area contributed by atoms with Crippen molar-refractivity contribution in [2.75, 3.05) is 29.5 Å². The van der Waals surface area contributed by atoms with Crippen LogP contribution >= 0.6 is 0 Å². The number of hydrogen-bond acceptors (Lipinski definition) is 5. The minimum atomic E-state index is -2.99. The fourth-order valence-corrected chi connectivity index (χ4v) is 4.14. The third kappa shape index (κ3) is 3.93. The Morgan fingerprint density at radius 3 is 2.57 bits per heavy atom. The van der Waals surface area contributed by atoms with E-state index in [1.165, 1.54) is 0 Å². The van der Waals surface area contributed by atoms with Crippen LogP contribution in [0.1, 0.15) is 30.8 Å². The number of carbonyl (C=O) groups excluding carboxylic acids is 1. The van der Waals surface area contributed by atoms with Crippen LogP contribution in [0, 0.1) is 0 Å². The molecule has 116 valence electrons. The standard InChI is InChI=1S/C14H21N3O3S/c1-3-17(4-2)12-5-6-13(15-9-12)14(18)16-11-7-8-21(19,20)10-11/h5-6,9,11H,3-4,7-8,10H2,1-2H3,(H,16,18). The predicted octanol–water partition coefficient (Wildman–Crippen LogP) is 0.845. The summed E-state index contributed by atoms with van der Waals surface area (Å²) < 4.78 is 22.7. The molecule has 0 aromatic carbocycles. The summed E-state index contributed by atoms with van der Waals surface area (Å²) in [6, 6.07) is 3.24. The molecular weight excluding hydrogens is 290 g/mol. The van der Waals surface area contributed by atoms with E-state index >= 15 is 0 Å². The van der Waals surface area contributed by atoms with Crippen LogP contribution < -0.4 is 10.2 Å². The van der Waals surface area contributed by atoms with Crippen LogP contribution in [0.4, 0.5) is 5.69 Å². The lowest BCUT2D eigenvalue weighted by Gasteiger charge is -2.20. The van der Waals surface area contributed by atoms with Crippen molar-refractivity contribution in [2.45, 2.75) is 26.3 Å². The Morgan fingerprint density at radius 1 is 1.38 bits per heavy atom. The first-order valence-corrected chi connectivity index (χ1v) is 8.99. The van der Waals surface area contributed by atoms with Crippen LogP contribution in [-0.4, -0.2) is 49.9 Å². The molecule has 0 aliphatic carbocycles. The number of amides is 1. The molecule has 1 aliphatic heterocycles. The quantitative estimate of drug-likeness (QED) is 0.872. The highest BCUT2D eigenvalue weighted by atomic mass is 32.2. The van der Waals surface area contributed by atoms with Gasteiger partial charge in [-0.05, 0) is 32.4 Å². The second kappa shape index (κ2) is 6.43. The lowest BCUT2D eigenvalue weighted by molar-refractivity contribution is 0.0936. The smallest absolute Gasteiger partial charge is 0.270 e. The molecular formula is C14H21N3O3S. The van der Waals surface area contributed by atoms with Crippen molar-refractivity contribution >= 4 is 21.4 Å². The Morgan fingerprint density at radius 2 is 2.10 bits per heavy atom. The highest BCUT2D eigenvalue weighted by Gasteiger charge is 2.29. The normalized spacial score (nSPS) is 20.2. The van der Waals surface area contributed by atoms with Crippen molar-refractivity contribution in [3.63, 3.8) is 0 Å². The number of anilines is 1. The first-order valence-electron chi connectivity index (χ1n) is 7.17. The van der Waals surface area contributed by atoms with Crippen LogP contribution in [0.15, 0.2) is 18.3 Å². The van der Waals surface area contributed by atoms with E-state index in [1.807, 2.05) is 6.07 Å². The van der Waals surface area contributed by atoms with Crippen molar-refractivity contribution in [1.29, 1.82) is 0 Å². The van der Waals surface area contributed by atoms with Crippen LogP contribution in [0.25, 0.3) is 0 Å². The topological polar surface area (TPSA) is 79.4 Å². The first kappa shape index (κ1) is 15.8. The average molecular weight is 311 g/mol. The van der Waals surface area contributed by atoms with Crippen molar-refractivity contribution in [2.24, 2.45) is 0 Å². The number of hydrogen-bond donors (Lipinski definition) is 1. The number of nitrogens with one attached hydrogen (secondary N) is 1. The summed E-state index contributed by atoms with van der Waals surface area (Å²) in [6.45, 7) is 5.88. The molecule has 6 nitrogen and oxygen atoms in total. The van der Waals surface area contributed by atoms with Gasteiger partial charge in [0.25, 0.3) is 5.91 Å². The molecule has 1 saturated heterocycles. The third-order valence-electron chi connectivity index (χ3n) is 3.68. The van der Waals surface area contributed by atoms with Crippen molar-refractivity contribution in [1.82, 2.24) is 10.3 Å². The molecule has 0 bridgehead atoms. The molecule has 0 saturated carbocycles. The Hall–Kier alpha value is -1.63. The van der Waals surface area contributed by atoms with E-state index < -0.39 is 9.84 Å². The molecule has 21 heavy (non-hydrogen) atoms. The van der Waals surface area contributed by atoms with Gasteiger partial charge in [0.2, 0.25) is 0 Å². The van der Waals surface area contributed by atoms with Gasteiger partial charge >= 0.3 is 0 Å². The SMILES string of the molecule is CCN(CC)c1ccc(C(=O)NC2CCS(=O)(=O)C2)nc1. The fourth-order valence-electron chi connectivity index (χ4n) is 2.46. The predicted molar refractivity (Wildman–Crippen MR) is 82.3 cm³/mol. The molecule has 1 amide bonds. The zero-order chi connectivity index (χ0) is 15.5. The maximum absolute atomic E-state index is 12.0. The highest BCUT2D eigenvalue weighted by molar-refractivity contribution is 7.91. The first-order chi connectivity index (χ1) is 9.95. The summed E-state index contributed by atoms with van der Waals surface area (Å²) >= 11 is 0. The molecule has 1 aromatic heterocycles. The van der Waals surface area contributed by atoms with Gasteiger partial charge in [0, 0.05) is 19.1 Å². The van der Waals surface area contributed by atoms with Crippen LogP contribution in [0.2, 0.25) is 0 Å². The molecule has 0 radical (unpaired) electrons. The van der Waals surface area contributed by atoms with Crippen molar-refractivity contribution in [3.05, 3.63) is 24.0 Å². The van der Waals surface area contributed by atoms with E-state index in [2.05, 4.69) is 29.0 Å². The molecule has 1 N–H and O–H groups in total. The van der Waals surface area contributed by atoms with E-state index in [9.17, 15) is 13.2 Å². The monoisotopic (exact) mass is 311 g/mol. The molecule has 1 atom stereocenters. The molecule has 1 fully saturated rings. The number of rotatable bonds is 5. The molecule has 2 rings (SSSR count). The summed E-state index contributed by atoms with van der Waals surface area (Å²) in [4.78, 5) is 18.4. The maximum atomic E-state index is 12.0. The number of carbonyl (C=O) groups is 1. The molecule has 1 unspecified atom stereocenters. The molecule has 2 heterocycles. The molecule has 1 aromatic rings. The fraction of sp³-hybridized carbons (Fsp3) is 0.571. The van der Waals surface area contributed by atoms with Gasteiger partial charge in [-0.15, -0.1) is 0 Å². The van der Waals surface area contributed by atoms with Gasteiger partial charge in [-0.25, -0.2) is 13.4 Å². The van der Waals surface area contributed by atoms with Crippen LogP contribution in [0.5, 0.6) is 0 Å². The Bertz CT molecular complexity index is 594. The number of pyridine rings is 1. The Balaban J connectivity index is 2.00. The highest BCUT2D eigenvalue weighted by Crippen LogP contribution is 2.14. The largest absolute Gasteiger partial charge is 0.371 e. The summed E-state index contributed by atoms with van der Waals surface area (Å²) in [5, 5.41) is 2.73. The van der Waals surface area contributed by atoms with Gasteiger partial charge in [0.15, 0.2) is 9.84 Å². The van der Waals surface area contributed by atoms with E-state index in [-0.39, 0.29) is 23.5 Å². The third-order valence-corrected chi connectivity index (χ3v) is 5.44. The van der Waals surface area contributed by atoms with Gasteiger partial charge in [0.1, 0.15) is 5.69 Å². The van der Waals surface area contributed by atoms with Crippen LogP contribution in [0.3, 0.4) is 0 Å². The lowest BCUT2D eigenvalue weighted by atomic mass is 10.2. The number of aromatic nitrogens is 1. The van der Waals surface area contributed by atoms with Gasteiger partial charge in [-0.1, -0.05) is 0 Å². The molecule has 7 heteroatoms. The minimum Gasteiger partial charge on any atom is -0.371 e. The zero-order valence-corrected chi connectivity index (χ0v) is 13.2. The summed E-state index contributed by atoms with van der Waals surface area (Å²) in [7, 11) is -2.99.